The van der Waals surface area contributed by atoms with Crippen LogP contribution in [0.5, 0.6) is 0 Å². The van der Waals surface area contributed by atoms with Crippen molar-refractivity contribution in [1.29, 1.82) is 0 Å². The molecule has 90 valence electrons. The van der Waals surface area contributed by atoms with Crippen LogP contribution in [0.3, 0.4) is 0 Å². The molecule has 0 aromatic heterocycles. The van der Waals surface area contributed by atoms with E-state index in [1.54, 1.807) is 4.90 Å². The molecule has 0 aromatic carbocycles. The van der Waals surface area contributed by atoms with E-state index >= 15 is 0 Å². The van der Waals surface area contributed by atoms with E-state index in [1.165, 1.54) is 0 Å². The number of ether oxygens (including phenoxy) is 1. The van der Waals surface area contributed by atoms with Gasteiger partial charge in [0.1, 0.15) is 6.04 Å². The van der Waals surface area contributed by atoms with Crippen molar-refractivity contribution < 1.29 is 14.3 Å². The molecule has 0 aliphatic carbocycles. The Morgan fingerprint density at radius 2 is 2.25 bits per heavy atom. The quantitative estimate of drug-likeness (QED) is 0.598. The van der Waals surface area contributed by atoms with Crippen LogP contribution in [0.1, 0.15) is 12.8 Å². The smallest absolute Gasteiger partial charge is 0.242 e. The number of nitrogens with zero attached hydrogens (tertiary/aromatic N) is 1. The summed E-state index contributed by atoms with van der Waals surface area (Å²) in [6, 6.07) is -0.761. The lowest BCUT2D eigenvalue weighted by molar-refractivity contribution is -0.148. The van der Waals surface area contributed by atoms with E-state index in [2.05, 4.69) is 5.32 Å². The number of amides is 2. The summed E-state index contributed by atoms with van der Waals surface area (Å²) in [5.74, 6) is -0.518. The molecule has 0 saturated carbocycles. The molecule has 2 unspecified atom stereocenters. The van der Waals surface area contributed by atoms with Gasteiger partial charge in [0, 0.05) is 6.54 Å². The van der Waals surface area contributed by atoms with Crippen LogP contribution in [0.2, 0.25) is 0 Å². The maximum absolute atomic E-state index is 12.1. The first-order chi connectivity index (χ1) is 7.70. The second-order valence-electron chi connectivity index (χ2n) is 4.17. The van der Waals surface area contributed by atoms with Crippen molar-refractivity contribution in [3.63, 3.8) is 0 Å². The highest BCUT2D eigenvalue weighted by molar-refractivity contribution is 5.89. The van der Waals surface area contributed by atoms with E-state index in [1.807, 2.05) is 0 Å². The molecule has 2 amide bonds. The van der Waals surface area contributed by atoms with E-state index in [0.29, 0.717) is 13.2 Å². The van der Waals surface area contributed by atoms with E-state index in [4.69, 9.17) is 10.5 Å². The van der Waals surface area contributed by atoms with Gasteiger partial charge in [-0.2, -0.15) is 0 Å². The number of hydrogen-bond donors (Lipinski definition) is 2. The summed E-state index contributed by atoms with van der Waals surface area (Å²) < 4.78 is 5.17. The van der Waals surface area contributed by atoms with Crippen molar-refractivity contribution in [2.24, 2.45) is 5.73 Å². The minimum absolute atomic E-state index is 0.0235. The van der Waals surface area contributed by atoms with E-state index in [9.17, 15) is 9.59 Å². The van der Waals surface area contributed by atoms with Gasteiger partial charge in [-0.3, -0.25) is 9.59 Å². The molecule has 2 aliphatic heterocycles. The van der Waals surface area contributed by atoms with Gasteiger partial charge in [0.05, 0.1) is 19.3 Å². The van der Waals surface area contributed by atoms with Gasteiger partial charge in [-0.1, -0.05) is 0 Å². The summed E-state index contributed by atoms with van der Waals surface area (Å²) in [5, 5.41) is 3.13. The Kier molecular flexibility index (Phi) is 3.40. The normalized spacial score (nSPS) is 30.4. The number of rotatable bonds is 2. The number of nitrogens with one attached hydrogen (secondary N) is 1. The summed E-state index contributed by atoms with van der Waals surface area (Å²) in [7, 11) is 0. The molecule has 2 aliphatic rings. The highest BCUT2D eigenvalue weighted by atomic mass is 16.5. The molecule has 6 nitrogen and oxygen atoms in total. The van der Waals surface area contributed by atoms with Gasteiger partial charge in [-0.15, -0.1) is 0 Å². The Morgan fingerprint density at radius 1 is 1.44 bits per heavy atom. The molecule has 0 bridgehead atoms. The molecule has 16 heavy (non-hydrogen) atoms. The van der Waals surface area contributed by atoms with Gasteiger partial charge in [0.2, 0.25) is 11.8 Å². The first-order valence-electron chi connectivity index (χ1n) is 5.61. The molecule has 0 aromatic rings. The predicted molar refractivity (Wildman–Crippen MR) is 56.5 cm³/mol. The first kappa shape index (κ1) is 11.3. The number of carbonyl (C=O) groups is 2. The Balaban J connectivity index is 2.04. The van der Waals surface area contributed by atoms with Gasteiger partial charge < -0.3 is 20.7 Å². The van der Waals surface area contributed by atoms with Gasteiger partial charge in [-0.05, 0) is 19.4 Å². The van der Waals surface area contributed by atoms with Crippen LogP contribution < -0.4 is 11.1 Å². The van der Waals surface area contributed by atoms with Crippen molar-refractivity contribution >= 4 is 11.8 Å². The summed E-state index contributed by atoms with van der Waals surface area (Å²) in [6.07, 6.45) is 1.84. The van der Waals surface area contributed by atoms with Crippen molar-refractivity contribution in [2.45, 2.75) is 24.9 Å². The number of nitrogens with two attached hydrogens (primary N) is 1. The maximum Gasteiger partial charge on any atom is 0.242 e. The summed E-state index contributed by atoms with van der Waals surface area (Å²) in [4.78, 5) is 24.9. The molecular weight excluding hydrogens is 210 g/mol. The monoisotopic (exact) mass is 227 g/mol. The molecule has 3 N–H and O–H groups in total. The zero-order valence-electron chi connectivity index (χ0n) is 9.15. The Hall–Kier alpha value is -1.14. The predicted octanol–water partition coefficient (Wildman–Crippen LogP) is -1.55. The van der Waals surface area contributed by atoms with Gasteiger partial charge in [-0.25, -0.2) is 0 Å². The maximum atomic E-state index is 12.1. The summed E-state index contributed by atoms with van der Waals surface area (Å²) in [6.45, 7) is 2.00. The van der Waals surface area contributed by atoms with Crippen LogP contribution in [-0.4, -0.2) is 55.1 Å². The molecule has 6 heteroatoms. The lowest BCUT2D eigenvalue weighted by Gasteiger charge is -2.35. The average molecular weight is 227 g/mol. The van der Waals surface area contributed by atoms with Crippen molar-refractivity contribution in [2.75, 3.05) is 26.3 Å². The first-order valence-corrected chi connectivity index (χ1v) is 5.61. The molecule has 2 saturated heterocycles. The minimum Gasteiger partial charge on any atom is -0.377 e. The fourth-order valence-electron chi connectivity index (χ4n) is 2.20. The second-order valence-corrected chi connectivity index (χ2v) is 4.17. The number of primary amides is 1. The minimum atomic E-state index is -0.608. The van der Waals surface area contributed by atoms with Crippen molar-refractivity contribution in [3.8, 4) is 0 Å². The van der Waals surface area contributed by atoms with Crippen molar-refractivity contribution in [1.82, 2.24) is 10.2 Å². The third kappa shape index (κ3) is 2.17. The van der Waals surface area contributed by atoms with Crippen LogP contribution in [0, 0.1) is 0 Å². The SMILES string of the molecule is NC(=O)C1COCCN1C(=O)C1CCCN1. The standard InChI is InChI=1S/C10H17N3O3/c11-9(14)8-6-16-5-4-13(8)10(15)7-2-1-3-12-7/h7-8,12H,1-6H2,(H2,11,14). The zero-order chi connectivity index (χ0) is 11.5. The number of hydrogen-bond acceptors (Lipinski definition) is 4. The highest BCUT2D eigenvalue weighted by Gasteiger charge is 2.35. The van der Waals surface area contributed by atoms with E-state index in [0.717, 1.165) is 19.4 Å². The number of carbonyl (C=O) groups excluding carboxylic acids is 2. The highest BCUT2D eigenvalue weighted by Crippen LogP contribution is 2.13. The third-order valence-corrected chi connectivity index (χ3v) is 3.10. The topological polar surface area (TPSA) is 84.7 Å². The van der Waals surface area contributed by atoms with Crippen molar-refractivity contribution in [3.05, 3.63) is 0 Å². The Morgan fingerprint density at radius 3 is 2.88 bits per heavy atom. The fourth-order valence-corrected chi connectivity index (χ4v) is 2.20. The molecule has 2 fully saturated rings. The lowest BCUT2D eigenvalue weighted by atomic mass is 10.1. The number of morpholine rings is 1. The summed E-state index contributed by atoms with van der Waals surface area (Å²) in [5.41, 5.74) is 5.26. The van der Waals surface area contributed by atoms with Crippen LogP contribution >= 0.6 is 0 Å². The molecule has 2 atom stereocenters. The Bertz CT molecular complexity index is 289. The molecular formula is C10H17N3O3. The van der Waals surface area contributed by atoms with Gasteiger partial charge in [0.25, 0.3) is 0 Å². The fraction of sp³-hybridized carbons (Fsp3) is 0.800. The Labute approximate surface area is 94.1 Å². The van der Waals surface area contributed by atoms with Crippen LogP contribution in [0.4, 0.5) is 0 Å². The lowest BCUT2D eigenvalue weighted by Crippen LogP contribution is -2.58. The van der Waals surface area contributed by atoms with Crippen LogP contribution in [-0.2, 0) is 14.3 Å². The van der Waals surface area contributed by atoms with Gasteiger partial charge in [0.15, 0.2) is 0 Å². The average Bonchev–Trinajstić information content (AvgIpc) is 2.81. The molecule has 2 heterocycles. The van der Waals surface area contributed by atoms with E-state index < -0.39 is 11.9 Å². The largest absolute Gasteiger partial charge is 0.377 e. The van der Waals surface area contributed by atoms with Crippen LogP contribution in [0.15, 0.2) is 0 Å². The molecule has 0 spiro atoms. The zero-order valence-corrected chi connectivity index (χ0v) is 9.15. The van der Waals surface area contributed by atoms with E-state index in [-0.39, 0.29) is 18.6 Å². The van der Waals surface area contributed by atoms with Gasteiger partial charge >= 0.3 is 0 Å². The van der Waals surface area contributed by atoms with Crippen LogP contribution in [0.25, 0.3) is 0 Å². The molecule has 0 radical (unpaired) electrons. The third-order valence-electron chi connectivity index (χ3n) is 3.10. The second kappa shape index (κ2) is 4.80. The molecule has 2 rings (SSSR count). The summed E-state index contributed by atoms with van der Waals surface area (Å²) >= 11 is 0.